The third-order valence-corrected chi connectivity index (χ3v) is 7.27. The number of rotatable bonds is 1. The first-order valence-electron chi connectivity index (χ1n) is 8.03. The van der Waals surface area contributed by atoms with Crippen molar-refractivity contribution in [1.82, 2.24) is 14.9 Å². The average Bonchev–Trinajstić information content (AvgIpc) is 2.90. The van der Waals surface area contributed by atoms with Gasteiger partial charge in [0.15, 0.2) is 9.84 Å². The van der Waals surface area contributed by atoms with Crippen LogP contribution in [0.1, 0.15) is 37.9 Å². The first kappa shape index (κ1) is 19.0. The Morgan fingerprint density at radius 1 is 1.31 bits per heavy atom. The molecule has 1 aromatic rings. The summed E-state index contributed by atoms with van der Waals surface area (Å²) in [6, 6.07) is 0. The van der Waals surface area contributed by atoms with Crippen molar-refractivity contribution in [3.8, 4) is 0 Å². The molecule has 3 heterocycles. The number of nitrogens with zero attached hydrogens (tertiary/aromatic N) is 3. The van der Waals surface area contributed by atoms with Crippen molar-refractivity contribution in [3.63, 3.8) is 0 Å². The van der Waals surface area contributed by atoms with Crippen LogP contribution >= 0.6 is 0 Å². The lowest BCUT2D eigenvalue weighted by molar-refractivity contribution is 0.0293. The van der Waals surface area contributed by atoms with E-state index in [0.29, 0.717) is 11.3 Å². The van der Waals surface area contributed by atoms with Gasteiger partial charge in [-0.1, -0.05) is 0 Å². The summed E-state index contributed by atoms with van der Waals surface area (Å²) in [5, 5.41) is -1.17. The molecule has 9 nitrogen and oxygen atoms in total. The quantitative estimate of drug-likeness (QED) is 0.621. The minimum Gasteiger partial charge on any atom is -0.444 e. The number of sulfone groups is 2. The molecule has 11 heteroatoms. The Morgan fingerprint density at radius 3 is 2.54 bits per heavy atom. The monoisotopic (exact) mass is 403 g/mol. The van der Waals surface area contributed by atoms with Crippen LogP contribution in [0.25, 0.3) is 0 Å². The minimum atomic E-state index is -3.62. The first-order valence-corrected chi connectivity index (χ1v) is 11.6. The van der Waals surface area contributed by atoms with Crippen LogP contribution in [0.3, 0.4) is 0 Å². The zero-order valence-electron chi connectivity index (χ0n) is 15.0. The highest BCUT2D eigenvalue weighted by Gasteiger charge is 2.49. The average molecular weight is 403 g/mol. The Bertz CT molecular complexity index is 966. The summed E-state index contributed by atoms with van der Waals surface area (Å²) in [6.07, 6.45) is 1.65. The molecule has 0 saturated carbocycles. The molecule has 144 valence electrons. The lowest BCUT2D eigenvalue weighted by atomic mass is 10.00. The zero-order valence-corrected chi connectivity index (χ0v) is 16.6. The van der Waals surface area contributed by atoms with Gasteiger partial charge in [0.25, 0.3) is 0 Å². The summed E-state index contributed by atoms with van der Waals surface area (Å²) in [6.45, 7) is 5.29. The fourth-order valence-electron chi connectivity index (χ4n) is 3.21. The van der Waals surface area contributed by atoms with Crippen molar-refractivity contribution >= 4 is 25.8 Å². The number of aromatic nitrogens is 2. The Kier molecular flexibility index (Phi) is 4.30. The molecule has 2 atom stereocenters. The Morgan fingerprint density at radius 2 is 1.96 bits per heavy atom. The first-order chi connectivity index (χ1) is 11.8. The van der Waals surface area contributed by atoms with Gasteiger partial charge in [0.05, 0.1) is 16.7 Å². The van der Waals surface area contributed by atoms with E-state index >= 15 is 0 Å². The summed E-state index contributed by atoms with van der Waals surface area (Å²) < 4.78 is 54.0. The van der Waals surface area contributed by atoms with Crippen LogP contribution < -0.4 is 0 Å². The van der Waals surface area contributed by atoms with E-state index in [0.717, 1.165) is 6.26 Å². The fourth-order valence-corrected chi connectivity index (χ4v) is 5.71. The maximum Gasteiger partial charge on any atom is 0.410 e. The van der Waals surface area contributed by atoms with Crippen molar-refractivity contribution in [3.05, 3.63) is 17.5 Å². The highest BCUT2D eigenvalue weighted by atomic mass is 32.2. The van der Waals surface area contributed by atoms with E-state index in [4.69, 9.17) is 4.74 Å². The molecule has 26 heavy (non-hydrogen) atoms. The van der Waals surface area contributed by atoms with Crippen LogP contribution in [0.5, 0.6) is 0 Å². The van der Waals surface area contributed by atoms with Gasteiger partial charge >= 0.3 is 6.09 Å². The lowest BCUT2D eigenvalue weighted by Gasteiger charge is -2.25. The van der Waals surface area contributed by atoms with Gasteiger partial charge < -0.3 is 9.64 Å². The summed E-state index contributed by atoms with van der Waals surface area (Å²) in [4.78, 5) is 21.6. The number of ether oxygens (including phenoxy) is 1. The van der Waals surface area contributed by atoms with Gasteiger partial charge in [0, 0.05) is 37.0 Å². The molecule has 2 aliphatic heterocycles. The van der Waals surface area contributed by atoms with E-state index in [1.807, 2.05) is 0 Å². The molecular weight excluding hydrogens is 382 g/mol. The molecule has 2 aliphatic rings. The van der Waals surface area contributed by atoms with Crippen LogP contribution in [-0.2, 0) is 30.2 Å². The van der Waals surface area contributed by atoms with Crippen LogP contribution in [0, 0.1) is 0 Å². The van der Waals surface area contributed by atoms with Crippen molar-refractivity contribution in [2.24, 2.45) is 0 Å². The van der Waals surface area contributed by atoms with Gasteiger partial charge in [-0.15, -0.1) is 0 Å². The number of amides is 1. The van der Waals surface area contributed by atoms with Crippen LogP contribution in [0.15, 0.2) is 11.4 Å². The topological polar surface area (TPSA) is 124 Å². The molecule has 3 rings (SSSR count). The van der Waals surface area contributed by atoms with Crippen LogP contribution in [-0.4, -0.2) is 68.0 Å². The van der Waals surface area contributed by atoms with Gasteiger partial charge in [0.1, 0.15) is 5.60 Å². The molecule has 0 radical (unpaired) electrons. The van der Waals surface area contributed by atoms with Gasteiger partial charge in [-0.25, -0.2) is 31.6 Å². The highest BCUT2D eigenvalue weighted by molar-refractivity contribution is 7.91. The molecule has 1 amide bonds. The molecule has 0 bridgehead atoms. The highest BCUT2D eigenvalue weighted by Crippen LogP contribution is 2.39. The second-order valence-corrected chi connectivity index (χ2v) is 11.8. The Balaban J connectivity index is 1.99. The maximum absolute atomic E-state index is 12.6. The second-order valence-electron chi connectivity index (χ2n) is 7.67. The summed E-state index contributed by atoms with van der Waals surface area (Å²) >= 11 is 0. The molecule has 1 aromatic heterocycles. The van der Waals surface area contributed by atoms with Crippen LogP contribution in [0.4, 0.5) is 4.79 Å². The number of carbonyl (C=O) groups is 1. The smallest absolute Gasteiger partial charge is 0.410 e. The van der Waals surface area contributed by atoms with E-state index in [2.05, 4.69) is 9.97 Å². The molecular formula is C15H21N3O6S2. The summed E-state index contributed by atoms with van der Waals surface area (Å²) in [5.74, 6) is -0.866. The molecule has 1 saturated heterocycles. The minimum absolute atomic E-state index is 0.000432. The Hall–Kier alpha value is -1.75. The van der Waals surface area contributed by atoms with Gasteiger partial charge in [0.2, 0.25) is 15.0 Å². The van der Waals surface area contributed by atoms with E-state index in [1.54, 1.807) is 20.8 Å². The van der Waals surface area contributed by atoms with Crippen LogP contribution in [0.2, 0.25) is 0 Å². The van der Waals surface area contributed by atoms with Crippen molar-refractivity contribution in [1.29, 1.82) is 0 Å². The lowest BCUT2D eigenvalue weighted by Crippen LogP contribution is -2.37. The third kappa shape index (κ3) is 3.54. The number of likely N-dealkylation sites (tertiary alicyclic amines) is 1. The molecule has 0 aromatic carbocycles. The normalized spacial score (nSPS) is 24.7. The van der Waals surface area contributed by atoms with Crippen molar-refractivity contribution < 1.29 is 26.4 Å². The van der Waals surface area contributed by atoms with E-state index < -0.39 is 42.5 Å². The fraction of sp³-hybridized carbons (Fsp3) is 0.667. The SMILES string of the molecule is CC(C)(C)OC(=O)N1C[C@@H]2c3nc(S(C)(=O)=O)ncc3CS(=O)(=O)[C@@H]2C1. The molecule has 0 N–H and O–H groups in total. The predicted molar refractivity (Wildman–Crippen MR) is 92.1 cm³/mol. The largest absolute Gasteiger partial charge is 0.444 e. The molecule has 0 aliphatic carbocycles. The molecule has 1 fully saturated rings. The van der Waals surface area contributed by atoms with Gasteiger partial charge in [-0.05, 0) is 20.8 Å². The number of hydrogen-bond acceptors (Lipinski definition) is 8. The third-order valence-electron chi connectivity index (χ3n) is 4.29. The van der Waals surface area contributed by atoms with E-state index in [1.165, 1.54) is 11.1 Å². The van der Waals surface area contributed by atoms with Gasteiger partial charge in [-0.3, -0.25) is 0 Å². The predicted octanol–water partition coefficient (Wildman–Crippen LogP) is 0.511. The number of fused-ring (bicyclic) bond motifs is 3. The summed E-state index contributed by atoms with van der Waals surface area (Å²) in [7, 11) is -7.14. The van der Waals surface area contributed by atoms with Gasteiger partial charge in [-0.2, -0.15) is 0 Å². The maximum atomic E-state index is 12.6. The van der Waals surface area contributed by atoms with E-state index in [-0.39, 0.29) is 24.0 Å². The summed E-state index contributed by atoms with van der Waals surface area (Å²) in [5.41, 5.74) is 0.0590. The zero-order chi connectivity index (χ0) is 19.5. The molecule has 0 spiro atoms. The molecule has 0 unspecified atom stereocenters. The van der Waals surface area contributed by atoms with Crippen molar-refractivity contribution in [2.45, 2.75) is 48.4 Å². The number of hydrogen-bond donors (Lipinski definition) is 0. The number of carbonyl (C=O) groups excluding carboxylic acids is 1. The van der Waals surface area contributed by atoms with Crippen molar-refractivity contribution in [2.75, 3.05) is 19.3 Å². The Labute approximate surface area is 152 Å². The van der Waals surface area contributed by atoms with E-state index in [9.17, 15) is 21.6 Å². The second kappa shape index (κ2) is 5.88. The standard InChI is InChI=1S/C15H21N3O6S2/c1-15(2,3)24-14(19)18-6-10-11(7-18)26(22,23)8-9-5-16-13(17-12(9)10)25(4,20)21/h5,10-11H,6-8H2,1-4H3/t10-,11+/m0/s1.